The Hall–Kier alpha value is -3.15. The minimum Gasteiger partial charge on any atom is -0.493 e. The molecule has 2 amide bonds. The summed E-state index contributed by atoms with van der Waals surface area (Å²) in [6.45, 7) is 4.38. The molecule has 4 rings (SSSR count). The maximum atomic E-state index is 12.9. The number of rotatable bonds is 4. The number of hydrogen-bond donors (Lipinski definition) is 1. The molecule has 0 saturated carbocycles. The first-order valence-corrected chi connectivity index (χ1v) is 9.52. The Morgan fingerprint density at radius 2 is 1.93 bits per heavy atom. The average Bonchev–Trinajstić information content (AvgIpc) is 2.98. The summed E-state index contributed by atoms with van der Waals surface area (Å²) in [5, 5.41) is 4.28. The Balaban J connectivity index is 1.57. The van der Waals surface area contributed by atoms with Gasteiger partial charge in [0.2, 0.25) is 0 Å². The lowest BCUT2D eigenvalue weighted by Crippen LogP contribution is -2.35. The van der Waals surface area contributed by atoms with Crippen molar-refractivity contribution in [1.29, 1.82) is 0 Å². The quantitative estimate of drug-likeness (QED) is 0.737. The van der Waals surface area contributed by atoms with Crippen molar-refractivity contribution >= 4 is 22.6 Å². The number of hydrogen-bond acceptors (Lipinski definition) is 3. The number of benzene rings is 2. The Kier molecular flexibility index (Phi) is 4.86. The molecule has 0 radical (unpaired) electrons. The van der Waals surface area contributed by atoms with Gasteiger partial charge in [-0.05, 0) is 42.7 Å². The lowest BCUT2D eigenvalue weighted by atomic mass is 10.1. The van der Waals surface area contributed by atoms with Crippen molar-refractivity contribution in [2.45, 2.75) is 26.4 Å². The van der Waals surface area contributed by atoms with E-state index >= 15 is 0 Å². The van der Waals surface area contributed by atoms with E-state index in [4.69, 9.17) is 9.47 Å². The second-order valence-electron chi connectivity index (χ2n) is 6.92. The van der Waals surface area contributed by atoms with Gasteiger partial charge in [-0.3, -0.25) is 0 Å². The van der Waals surface area contributed by atoms with Crippen molar-refractivity contribution in [2.24, 2.45) is 0 Å². The van der Waals surface area contributed by atoms with E-state index in [1.807, 2.05) is 11.0 Å². The van der Waals surface area contributed by atoms with Crippen molar-refractivity contribution in [1.82, 2.24) is 9.47 Å². The molecule has 1 aliphatic heterocycles. The summed E-state index contributed by atoms with van der Waals surface area (Å²) in [6.07, 6.45) is 3.07. The molecule has 0 aliphatic carbocycles. The predicted octanol–water partition coefficient (Wildman–Crippen LogP) is 4.27. The number of methoxy groups -OCH3 is 2. The van der Waals surface area contributed by atoms with E-state index in [1.54, 1.807) is 26.4 Å². The summed E-state index contributed by atoms with van der Waals surface area (Å²) < 4.78 is 12.9. The average molecular weight is 379 g/mol. The van der Waals surface area contributed by atoms with Gasteiger partial charge in [0, 0.05) is 48.5 Å². The number of amides is 2. The molecule has 0 fully saturated rings. The van der Waals surface area contributed by atoms with Crippen LogP contribution in [-0.4, -0.2) is 36.3 Å². The molecular weight excluding hydrogens is 354 g/mol. The fourth-order valence-corrected chi connectivity index (χ4v) is 3.93. The zero-order valence-corrected chi connectivity index (χ0v) is 16.5. The van der Waals surface area contributed by atoms with Crippen molar-refractivity contribution in [3.05, 3.63) is 53.7 Å². The molecule has 3 aromatic rings. The van der Waals surface area contributed by atoms with Crippen LogP contribution >= 0.6 is 0 Å². The monoisotopic (exact) mass is 379 g/mol. The maximum Gasteiger partial charge on any atom is 0.322 e. The number of anilines is 1. The molecule has 0 spiro atoms. The molecule has 2 heterocycles. The molecule has 1 aliphatic rings. The Morgan fingerprint density at radius 1 is 1.11 bits per heavy atom. The minimum atomic E-state index is -0.113. The van der Waals surface area contributed by atoms with Gasteiger partial charge in [0.1, 0.15) is 0 Å². The number of ether oxygens (including phenoxy) is 2. The summed E-state index contributed by atoms with van der Waals surface area (Å²) in [4.78, 5) is 14.8. The minimum absolute atomic E-state index is 0.113. The molecule has 1 aromatic heterocycles. The number of aromatic nitrogens is 1. The summed E-state index contributed by atoms with van der Waals surface area (Å²) in [7, 11) is 3.17. The van der Waals surface area contributed by atoms with Crippen LogP contribution in [0.3, 0.4) is 0 Å². The van der Waals surface area contributed by atoms with Crippen LogP contribution in [0.1, 0.15) is 18.1 Å². The Morgan fingerprint density at radius 3 is 2.68 bits per heavy atom. The van der Waals surface area contributed by atoms with Crippen LogP contribution in [0.4, 0.5) is 10.5 Å². The van der Waals surface area contributed by atoms with E-state index in [0.717, 1.165) is 13.0 Å². The highest BCUT2D eigenvalue weighted by atomic mass is 16.5. The van der Waals surface area contributed by atoms with Gasteiger partial charge in [-0.15, -0.1) is 0 Å². The van der Waals surface area contributed by atoms with E-state index in [9.17, 15) is 4.79 Å². The fraction of sp³-hybridized carbons (Fsp3) is 0.318. The fourth-order valence-electron chi connectivity index (χ4n) is 3.93. The predicted molar refractivity (Wildman–Crippen MR) is 110 cm³/mol. The second-order valence-corrected chi connectivity index (χ2v) is 6.92. The molecule has 2 aromatic carbocycles. The van der Waals surface area contributed by atoms with Crippen LogP contribution in [0, 0.1) is 0 Å². The van der Waals surface area contributed by atoms with Gasteiger partial charge in [0.05, 0.1) is 14.2 Å². The smallest absolute Gasteiger partial charge is 0.322 e. The molecule has 0 atom stereocenters. The highest BCUT2D eigenvalue weighted by Gasteiger charge is 2.22. The molecule has 0 saturated heterocycles. The zero-order chi connectivity index (χ0) is 19.7. The molecular formula is C22H25N3O3. The number of nitrogens with zero attached hydrogens (tertiary/aromatic N) is 2. The van der Waals surface area contributed by atoms with Crippen molar-refractivity contribution < 1.29 is 14.3 Å². The Labute approximate surface area is 164 Å². The van der Waals surface area contributed by atoms with Crippen molar-refractivity contribution in [3.63, 3.8) is 0 Å². The van der Waals surface area contributed by atoms with Gasteiger partial charge in [-0.2, -0.15) is 0 Å². The van der Waals surface area contributed by atoms with Gasteiger partial charge < -0.3 is 24.3 Å². The van der Waals surface area contributed by atoms with E-state index in [1.165, 1.54) is 22.0 Å². The third-order valence-corrected chi connectivity index (χ3v) is 5.35. The van der Waals surface area contributed by atoms with E-state index in [2.05, 4.69) is 41.2 Å². The second kappa shape index (κ2) is 7.46. The van der Waals surface area contributed by atoms with Crippen LogP contribution in [-0.2, 0) is 19.5 Å². The van der Waals surface area contributed by atoms with Crippen LogP contribution in [0.5, 0.6) is 11.5 Å². The molecule has 146 valence electrons. The summed E-state index contributed by atoms with van der Waals surface area (Å²) >= 11 is 0. The lowest BCUT2D eigenvalue weighted by molar-refractivity contribution is 0.210. The lowest BCUT2D eigenvalue weighted by Gasteiger charge is -2.22. The first kappa shape index (κ1) is 18.2. The summed E-state index contributed by atoms with van der Waals surface area (Å²) in [5.74, 6) is 1.22. The molecule has 1 N–H and O–H groups in total. The van der Waals surface area contributed by atoms with E-state index < -0.39 is 0 Å². The number of urea groups is 1. The van der Waals surface area contributed by atoms with Crippen molar-refractivity contribution in [3.8, 4) is 11.5 Å². The third kappa shape index (κ3) is 3.15. The third-order valence-electron chi connectivity index (χ3n) is 5.35. The maximum absolute atomic E-state index is 12.9. The van der Waals surface area contributed by atoms with Gasteiger partial charge in [0.25, 0.3) is 0 Å². The number of carbonyl (C=O) groups is 1. The van der Waals surface area contributed by atoms with Gasteiger partial charge >= 0.3 is 6.03 Å². The molecule has 28 heavy (non-hydrogen) atoms. The zero-order valence-electron chi connectivity index (χ0n) is 16.5. The van der Waals surface area contributed by atoms with E-state index in [-0.39, 0.29) is 6.03 Å². The highest BCUT2D eigenvalue weighted by Crippen LogP contribution is 2.31. The molecule has 6 nitrogen and oxygen atoms in total. The van der Waals surface area contributed by atoms with Crippen molar-refractivity contribution in [2.75, 3.05) is 26.1 Å². The molecule has 0 bridgehead atoms. The number of carbonyl (C=O) groups excluding carboxylic acids is 1. The number of aryl methyl sites for hydroxylation is 1. The topological polar surface area (TPSA) is 55.7 Å². The SMILES string of the molecule is CCn1cc2c3c(cccc31)CN(C(=O)Nc1ccc(OC)c(OC)c1)CC2. The summed E-state index contributed by atoms with van der Waals surface area (Å²) in [6, 6.07) is 11.6. The van der Waals surface area contributed by atoms with Gasteiger partial charge in [-0.25, -0.2) is 4.79 Å². The summed E-state index contributed by atoms with van der Waals surface area (Å²) in [5.41, 5.74) is 4.44. The van der Waals surface area contributed by atoms with Crippen LogP contribution in [0.15, 0.2) is 42.6 Å². The molecule has 6 heteroatoms. The highest BCUT2D eigenvalue weighted by molar-refractivity contribution is 5.92. The Bertz CT molecular complexity index is 1030. The first-order valence-electron chi connectivity index (χ1n) is 9.52. The van der Waals surface area contributed by atoms with E-state index in [0.29, 0.717) is 30.3 Å². The van der Waals surface area contributed by atoms with Crippen LogP contribution in [0.2, 0.25) is 0 Å². The van der Waals surface area contributed by atoms with Crippen LogP contribution in [0.25, 0.3) is 10.9 Å². The largest absolute Gasteiger partial charge is 0.493 e. The van der Waals surface area contributed by atoms with Gasteiger partial charge in [0.15, 0.2) is 11.5 Å². The molecule has 0 unspecified atom stereocenters. The normalized spacial score (nSPS) is 13.3. The van der Waals surface area contributed by atoms with Gasteiger partial charge in [-0.1, -0.05) is 12.1 Å². The standard InChI is InChI=1S/C22H25N3O3/c1-4-24-13-16-10-11-25(14-15-6-5-7-18(24)21(15)16)22(26)23-17-8-9-19(27-2)20(12-17)28-3/h5-9,12-13H,4,10-11,14H2,1-3H3,(H,23,26). The van der Waals surface area contributed by atoms with Crippen LogP contribution < -0.4 is 14.8 Å². The number of nitrogens with one attached hydrogen (secondary N) is 1. The first-order chi connectivity index (χ1) is 13.6.